The fraction of sp³-hybridized carbons (Fsp3) is 0.941. The highest BCUT2D eigenvalue weighted by Crippen LogP contribution is 2.09. The molecule has 0 saturated heterocycles. The number of amides is 1. The van der Waals surface area contributed by atoms with Crippen LogP contribution in [0.25, 0.3) is 0 Å². The van der Waals surface area contributed by atoms with E-state index in [-0.39, 0.29) is 5.91 Å². The van der Waals surface area contributed by atoms with Gasteiger partial charge in [0.2, 0.25) is 5.91 Å². The van der Waals surface area contributed by atoms with Gasteiger partial charge in [-0.1, -0.05) is 65.7 Å². The monoisotopic (exact) mass is 284 g/mol. The SMILES string of the molecule is CCC(=O)NCCCCCCCCCCCNC(C)C. The highest BCUT2D eigenvalue weighted by molar-refractivity contribution is 5.75. The first-order valence-corrected chi connectivity index (χ1v) is 8.67. The van der Waals surface area contributed by atoms with E-state index in [1.54, 1.807) is 0 Å². The van der Waals surface area contributed by atoms with E-state index in [9.17, 15) is 4.79 Å². The molecule has 0 aliphatic heterocycles. The van der Waals surface area contributed by atoms with Crippen LogP contribution in [0.5, 0.6) is 0 Å². The van der Waals surface area contributed by atoms with Crippen molar-refractivity contribution in [3.05, 3.63) is 0 Å². The van der Waals surface area contributed by atoms with Crippen LogP contribution in [0.1, 0.15) is 85.0 Å². The summed E-state index contributed by atoms with van der Waals surface area (Å²) in [6.45, 7) is 8.33. The zero-order valence-corrected chi connectivity index (χ0v) is 14.0. The lowest BCUT2D eigenvalue weighted by atomic mass is 10.1. The van der Waals surface area contributed by atoms with Gasteiger partial charge in [-0.2, -0.15) is 0 Å². The molecule has 0 aliphatic carbocycles. The normalized spacial score (nSPS) is 11.0. The molecule has 20 heavy (non-hydrogen) atoms. The Morgan fingerprint density at radius 2 is 1.25 bits per heavy atom. The Morgan fingerprint density at radius 1 is 0.800 bits per heavy atom. The van der Waals surface area contributed by atoms with Gasteiger partial charge in [-0.15, -0.1) is 0 Å². The van der Waals surface area contributed by atoms with Crippen molar-refractivity contribution in [1.29, 1.82) is 0 Å². The molecule has 0 saturated carbocycles. The summed E-state index contributed by atoms with van der Waals surface area (Å²) in [4.78, 5) is 11.0. The average molecular weight is 284 g/mol. The van der Waals surface area contributed by atoms with Crippen molar-refractivity contribution in [2.75, 3.05) is 13.1 Å². The zero-order valence-electron chi connectivity index (χ0n) is 14.0. The molecule has 3 nitrogen and oxygen atoms in total. The lowest BCUT2D eigenvalue weighted by Crippen LogP contribution is -2.23. The average Bonchev–Trinajstić information content (AvgIpc) is 2.43. The van der Waals surface area contributed by atoms with Crippen LogP contribution in [-0.4, -0.2) is 25.0 Å². The van der Waals surface area contributed by atoms with Crippen molar-refractivity contribution in [2.45, 2.75) is 91.0 Å². The Hall–Kier alpha value is -0.570. The van der Waals surface area contributed by atoms with E-state index in [2.05, 4.69) is 24.5 Å². The highest BCUT2D eigenvalue weighted by Gasteiger charge is 1.96. The maximum Gasteiger partial charge on any atom is 0.219 e. The molecule has 0 fully saturated rings. The molecule has 0 aromatic rings. The summed E-state index contributed by atoms with van der Waals surface area (Å²) in [6.07, 6.45) is 12.5. The molecule has 3 heteroatoms. The van der Waals surface area contributed by atoms with Gasteiger partial charge in [0, 0.05) is 19.0 Å². The second kappa shape index (κ2) is 14.8. The maximum absolute atomic E-state index is 11.0. The van der Waals surface area contributed by atoms with Crippen LogP contribution in [0.4, 0.5) is 0 Å². The molecule has 1 amide bonds. The molecular formula is C17H36N2O. The Labute approximate surface area is 126 Å². The van der Waals surface area contributed by atoms with Crippen LogP contribution in [-0.2, 0) is 4.79 Å². The molecule has 0 unspecified atom stereocenters. The minimum absolute atomic E-state index is 0.178. The van der Waals surface area contributed by atoms with Gasteiger partial charge in [0.25, 0.3) is 0 Å². The standard InChI is InChI=1S/C17H36N2O/c1-4-17(20)19-15-13-11-9-7-5-6-8-10-12-14-18-16(2)3/h16,18H,4-15H2,1-3H3,(H,19,20). The van der Waals surface area contributed by atoms with E-state index >= 15 is 0 Å². The van der Waals surface area contributed by atoms with Crippen LogP contribution in [0.2, 0.25) is 0 Å². The zero-order chi connectivity index (χ0) is 15.1. The van der Waals surface area contributed by atoms with Crippen molar-refractivity contribution in [3.8, 4) is 0 Å². The molecule has 0 rings (SSSR count). The molecule has 2 N–H and O–H groups in total. The van der Waals surface area contributed by atoms with Gasteiger partial charge < -0.3 is 10.6 Å². The van der Waals surface area contributed by atoms with Crippen LogP contribution >= 0.6 is 0 Å². The molecule has 0 radical (unpaired) electrons. The van der Waals surface area contributed by atoms with Gasteiger partial charge in [-0.25, -0.2) is 0 Å². The number of carbonyl (C=O) groups excluding carboxylic acids is 1. The fourth-order valence-electron chi connectivity index (χ4n) is 2.23. The third-order valence-electron chi connectivity index (χ3n) is 3.55. The third-order valence-corrected chi connectivity index (χ3v) is 3.55. The predicted octanol–water partition coefficient (Wildman–Crippen LogP) is 4.02. The Bertz CT molecular complexity index is 217. The molecule has 0 bridgehead atoms. The Balaban J connectivity index is 3.01. The number of nitrogens with one attached hydrogen (secondary N) is 2. The van der Waals surface area contributed by atoms with E-state index < -0.39 is 0 Å². The molecule has 120 valence electrons. The van der Waals surface area contributed by atoms with Gasteiger partial charge in [-0.05, 0) is 19.4 Å². The van der Waals surface area contributed by atoms with Crippen LogP contribution in [0.15, 0.2) is 0 Å². The van der Waals surface area contributed by atoms with E-state index in [1.807, 2.05) is 6.92 Å². The summed E-state index contributed by atoms with van der Waals surface area (Å²) in [5, 5.41) is 6.38. The third kappa shape index (κ3) is 15.5. The molecular weight excluding hydrogens is 248 g/mol. The summed E-state index contributed by atoms with van der Waals surface area (Å²) in [5.41, 5.74) is 0. The van der Waals surface area contributed by atoms with Crippen LogP contribution in [0, 0.1) is 0 Å². The maximum atomic E-state index is 11.0. The van der Waals surface area contributed by atoms with E-state index in [4.69, 9.17) is 0 Å². The summed E-state index contributed by atoms with van der Waals surface area (Å²) in [5.74, 6) is 0.178. The summed E-state index contributed by atoms with van der Waals surface area (Å²) in [7, 11) is 0. The molecule has 0 aliphatic rings. The summed E-state index contributed by atoms with van der Waals surface area (Å²) < 4.78 is 0. The van der Waals surface area contributed by atoms with Gasteiger partial charge in [0.15, 0.2) is 0 Å². The Kier molecular flexibility index (Phi) is 14.4. The first-order chi connectivity index (χ1) is 9.66. The van der Waals surface area contributed by atoms with Gasteiger partial charge in [-0.3, -0.25) is 4.79 Å². The Morgan fingerprint density at radius 3 is 1.70 bits per heavy atom. The molecule has 0 spiro atoms. The van der Waals surface area contributed by atoms with Gasteiger partial charge in [0.05, 0.1) is 0 Å². The smallest absolute Gasteiger partial charge is 0.219 e. The van der Waals surface area contributed by atoms with E-state index in [0.29, 0.717) is 12.5 Å². The first-order valence-electron chi connectivity index (χ1n) is 8.67. The lowest BCUT2D eigenvalue weighted by molar-refractivity contribution is -0.120. The van der Waals surface area contributed by atoms with E-state index in [0.717, 1.165) is 13.0 Å². The first kappa shape index (κ1) is 19.4. The number of unbranched alkanes of at least 4 members (excludes halogenated alkanes) is 8. The minimum Gasteiger partial charge on any atom is -0.356 e. The highest BCUT2D eigenvalue weighted by atomic mass is 16.1. The molecule has 0 atom stereocenters. The predicted molar refractivity (Wildman–Crippen MR) is 88.0 cm³/mol. The lowest BCUT2D eigenvalue weighted by Gasteiger charge is -2.07. The second-order valence-electron chi connectivity index (χ2n) is 5.99. The quantitative estimate of drug-likeness (QED) is 0.473. The van der Waals surface area contributed by atoms with Crippen molar-refractivity contribution in [1.82, 2.24) is 10.6 Å². The topological polar surface area (TPSA) is 41.1 Å². The van der Waals surface area contributed by atoms with Crippen molar-refractivity contribution in [2.24, 2.45) is 0 Å². The molecule has 0 heterocycles. The number of hydrogen-bond donors (Lipinski definition) is 2. The summed E-state index contributed by atoms with van der Waals surface area (Å²) in [6, 6.07) is 0.622. The van der Waals surface area contributed by atoms with Crippen LogP contribution in [0.3, 0.4) is 0 Å². The van der Waals surface area contributed by atoms with Crippen molar-refractivity contribution < 1.29 is 4.79 Å². The summed E-state index contributed by atoms with van der Waals surface area (Å²) >= 11 is 0. The van der Waals surface area contributed by atoms with Crippen LogP contribution < -0.4 is 10.6 Å². The molecule has 0 aromatic heterocycles. The number of rotatable bonds is 14. The molecule has 0 aromatic carbocycles. The van der Waals surface area contributed by atoms with E-state index in [1.165, 1.54) is 57.9 Å². The van der Waals surface area contributed by atoms with Crippen molar-refractivity contribution in [3.63, 3.8) is 0 Å². The van der Waals surface area contributed by atoms with Gasteiger partial charge >= 0.3 is 0 Å². The van der Waals surface area contributed by atoms with Crippen molar-refractivity contribution >= 4 is 5.91 Å². The number of hydrogen-bond acceptors (Lipinski definition) is 2. The number of carbonyl (C=O) groups is 1. The minimum atomic E-state index is 0.178. The second-order valence-corrected chi connectivity index (χ2v) is 5.99. The van der Waals surface area contributed by atoms with Gasteiger partial charge in [0.1, 0.15) is 0 Å². The largest absolute Gasteiger partial charge is 0.356 e. The fourth-order valence-corrected chi connectivity index (χ4v) is 2.23.